The average molecular weight is 306 g/mol. The van der Waals surface area contributed by atoms with Crippen LogP contribution in [0, 0.1) is 5.82 Å². The molecule has 1 aliphatic rings. The van der Waals surface area contributed by atoms with Crippen LogP contribution in [0.15, 0.2) is 36.4 Å². The number of rotatable bonds is 4. The third-order valence-corrected chi connectivity index (χ3v) is 3.90. The van der Waals surface area contributed by atoms with Gasteiger partial charge in [-0.1, -0.05) is 30.7 Å². The number of fused-ring (bicyclic) bond motifs is 1. The first-order valence-electron chi connectivity index (χ1n) is 7.13. The number of hydrogen-bond acceptors (Lipinski definition) is 2. The molecule has 1 heterocycles. The molecular formula is C17H17ClFNO. The van der Waals surface area contributed by atoms with Crippen LogP contribution in [0.2, 0.25) is 5.02 Å². The van der Waals surface area contributed by atoms with Crippen molar-refractivity contribution in [2.75, 3.05) is 13.2 Å². The topological polar surface area (TPSA) is 21.3 Å². The predicted octanol–water partition coefficient (Wildman–Crippen LogP) is 4.11. The molecule has 0 radical (unpaired) electrons. The molecule has 0 saturated carbocycles. The Balaban J connectivity index is 2.10. The highest BCUT2D eigenvalue weighted by Crippen LogP contribution is 2.38. The van der Waals surface area contributed by atoms with Crippen molar-refractivity contribution in [3.05, 3.63) is 63.9 Å². The Labute approximate surface area is 128 Å². The number of halogens is 2. The summed E-state index contributed by atoms with van der Waals surface area (Å²) in [6.45, 7) is 3.46. The quantitative estimate of drug-likeness (QED) is 0.917. The first kappa shape index (κ1) is 14.4. The normalized spacial score (nSPS) is 14.6. The molecule has 1 unspecified atom stereocenters. The van der Waals surface area contributed by atoms with Gasteiger partial charge in [-0.25, -0.2) is 4.39 Å². The van der Waals surface area contributed by atoms with Gasteiger partial charge in [0.1, 0.15) is 11.6 Å². The highest BCUT2D eigenvalue weighted by molar-refractivity contribution is 6.30. The van der Waals surface area contributed by atoms with Gasteiger partial charge in [-0.3, -0.25) is 0 Å². The van der Waals surface area contributed by atoms with E-state index in [2.05, 4.69) is 5.32 Å². The van der Waals surface area contributed by atoms with Gasteiger partial charge >= 0.3 is 0 Å². The van der Waals surface area contributed by atoms with Crippen molar-refractivity contribution in [3.8, 4) is 5.75 Å². The summed E-state index contributed by atoms with van der Waals surface area (Å²) in [5.74, 6) is 0.643. The second-order valence-electron chi connectivity index (χ2n) is 5.13. The Hall–Kier alpha value is -1.58. The second kappa shape index (κ2) is 6.04. The maximum atomic E-state index is 13.6. The first-order valence-corrected chi connectivity index (χ1v) is 7.51. The Bertz CT molecular complexity index is 659. The molecule has 21 heavy (non-hydrogen) atoms. The Morgan fingerprint density at radius 3 is 2.95 bits per heavy atom. The molecule has 0 saturated heterocycles. The highest BCUT2D eigenvalue weighted by atomic mass is 35.5. The molecule has 0 aliphatic carbocycles. The van der Waals surface area contributed by atoms with Gasteiger partial charge in [-0.15, -0.1) is 0 Å². The summed E-state index contributed by atoms with van der Waals surface area (Å²) >= 11 is 6.23. The van der Waals surface area contributed by atoms with Gasteiger partial charge in [0.05, 0.1) is 12.6 Å². The van der Waals surface area contributed by atoms with Crippen molar-refractivity contribution in [1.82, 2.24) is 5.32 Å². The predicted molar refractivity (Wildman–Crippen MR) is 82.6 cm³/mol. The van der Waals surface area contributed by atoms with Crippen LogP contribution in [0.25, 0.3) is 0 Å². The van der Waals surface area contributed by atoms with E-state index in [0.29, 0.717) is 11.6 Å². The van der Waals surface area contributed by atoms with Crippen molar-refractivity contribution >= 4 is 11.6 Å². The van der Waals surface area contributed by atoms with E-state index in [1.807, 2.05) is 25.1 Å². The van der Waals surface area contributed by atoms with E-state index < -0.39 is 0 Å². The molecule has 1 aliphatic heterocycles. The zero-order valence-electron chi connectivity index (χ0n) is 11.8. The molecule has 0 amide bonds. The third-order valence-electron chi connectivity index (χ3n) is 3.68. The lowest BCUT2D eigenvalue weighted by Gasteiger charge is -2.21. The molecule has 2 aromatic rings. The molecule has 0 spiro atoms. The Kier molecular flexibility index (Phi) is 4.13. The van der Waals surface area contributed by atoms with E-state index >= 15 is 0 Å². The minimum atomic E-state index is -0.241. The van der Waals surface area contributed by atoms with Crippen molar-refractivity contribution in [2.24, 2.45) is 0 Å². The molecule has 1 N–H and O–H groups in total. The van der Waals surface area contributed by atoms with Gasteiger partial charge in [0.15, 0.2) is 0 Å². The first-order chi connectivity index (χ1) is 10.2. The fourth-order valence-electron chi connectivity index (χ4n) is 2.81. The van der Waals surface area contributed by atoms with Crippen LogP contribution in [0.4, 0.5) is 4.39 Å². The fraction of sp³-hybridized carbons (Fsp3) is 0.294. The van der Waals surface area contributed by atoms with Crippen LogP contribution < -0.4 is 10.1 Å². The number of nitrogens with one attached hydrogen (secondary N) is 1. The summed E-state index contributed by atoms with van der Waals surface area (Å²) in [6, 6.07) is 10.4. The third kappa shape index (κ3) is 2.89. The molecule has 0 aromatic heterocycles. The monoisotopic (exact) mass is 305 g/mol. The SMILES string of the molecule is CCNC(c1cccc(F)c1)c1cc(Cl)cc2c1OCC2. The molecule has 110 valence electrons. The minimum Gasteiger partial charge on any atom is -0.493 e. The molecule has 4 heteroatoms. The number of hydrogen-bond donors (Lipinski definition) is 1. The minimum absolute atomic E-state index is 0.128. The lowest BCUT2D eigenvalue weighted by Crippen LogP contribution is -2.22. The van der Waals surface area contributed by atoms with Crippen molar-refractivity contribution in [3.63, 3.8) is 0 Å². The summed E-state index contributed by atoms with van der Waals surface area (Å²) in [6.07, 6.45) is 0.866. The lowest BCUT2D eigenvalue weighted by atomic mass is 9.95. The summed E-state index contributed by atoms with van der Waals surface area (Å²) < 4.78 is 19.3. The zero-order chi connectivity index (χ0) is 14.8. The van der Waals surface area contributed by atoms with Crippen molar-refractivity contribution in [1.29, 1.82) is 0 Å². The Morgan fingerprint density at radius 2 is 2.19 bits per heavy atom. The van der Waals surface area contributed by atoms with E-state index in [4.69, 9.17) is 16.3 Å². The van der Waals surface area contributed by atoms with Crippen LogP contribution in [0.3, 0.4) is 0 Å². The standard InChI is InChI=1S/C17H17ClFNO/c1-2-20-16(11-4-3-5-14(19)9-11)15-10-13(18)8-12-6-7-21-17(12)15/h3-5,8-10,16,20H,2,6-7H2,1H3. The lowest BCUT2D eigenvalue weighted by molar-refractivity contribution is 0.350. The molecule has 1 atom stereocenters. The van der Waals surface area contributed by atoms with Gasteiger partial charge in [0, 0.05) is 17.0 Å². The molecule has 2 nitrogen and oxygen atoms in total. The van der Waals surface area contributed by atoms with Gasteiger partial charge in [0.25, 0.3) is 0 Å². The van der Waals surface area contributed by atoms with Crippen LogP contribution in [-0.2, 0) is 6.42 Å². The van der Waals surface area contributed by atoms with Gasteiger partial charge in [-0.05, 0) is 41.9 Å². The van der Waals surface area contributed by atoms with Crippen LogP contribution in [0.1, 0.15) is 29.7 Å². The van der Waals surface area contributed by atoms with Crippen molar-refractivity contribution < 1.29 is 9.13 Å². The van der Waals surface area contributed by atoms with Gasteiger partial charge in [-0.2, -0.15) is 0 Å². The maximum Gasteiger partial charge on any atom is 0.127 e. The molecule has 2 aromatic carbocycles. The van der Waals surface area contributed by atoms with E-state index in [-0.39, 0.29) is 11.9 Å². The Morgan fingerprint density at radius 1 is 1.33 bits per heavy atom. The number of benzene rings is 2. The second-order valence-corrected chi connectivity index (χ2v) is 5.56. The largest absolute Gasteiger partial charge is 0.493 e. The fourth-order valence-corrected chi connectivity index (χ4v) is 3.06. The van der Waals surface area contributed by atoms with Crippen molar-refractivity contribution in [2.45, 2.75) is 19.4 Å². The van der Waals surface area contributed by atoms with Crippen LogP contribution in [-0.4, -0.2) is 13.2 Å². The highest BCUT2D eigenvalue weighted by Gasteiger charge is 2.24. The average Bonchev–Trinajstić information content (AvgIpc) is 2.92. The van der Waals surface area contributed by atoms with Crippen LogP contribution >= 0.6 is 11.6 Å². The summed E-state index contributed by atoms with van der Waals surface area (Å²) in [5.41, 5.74) is 2.97. The van der Waals surface area contributed by atoms with Crippen LogP contribution in [0.5, 0.6) is 5.75 Å². The molecule has 3 rings (SSSR count). The summed E-state index contributed by atoms with van der Waals surface area (Å²) in [4.78, 5) is 0. The van der Waals surface area contributed by atoms with E-state index in [1.54, 1.807) is 12.1 Å². The maximum absolute atomic E-state index is 13.6. The number of ether oxygens (including phenoxy) is 1. The van der Waals surface area contributed by atoms with Gasteiger partial charge in [0.2, 0.25) is 0 Å². The molecular weight excluding hydrogens is 289 g/mol. The zero-order valence-corrected chi connectivity index (χ0v) is 12.6. The molecule has 0 bridgehead atoms. The molecule has 0 fully saturated rings. The van der Waals surface area contributed by atoms with E-state index in [9.17, 15) is 4.39 Å². The van der Waals surface area contributed by atoms with E-state index in [1.165, 1.54) is 6.07 Å². The summed E-state index contributed by atoms with van der Waals surface area (Å²) in [7, 11) is 0. The smallest absolute Gasteiger partial charge is 0.127 e. The van der Waals surface area contributed by atoms with Gasteiger partial charge < -0.3 is 10.1 Å². The van der Waals surface area contributed by atoms with E-state index in [0.717, 1.165) is 35.4 Å². The summed E-state index contributed by atoms with van der Waals surface area (Å²) in [5, 5.41) is 4.08.